The van der Waals surface area contributed by atoms with Crippen LogP contribution in [-0.2, 0) is 6.54 Å². The maximum absolute atomic E-state index is 4.83. The molecule has 3 heteroatoms. The van der Waals surface area contributed by atoms with Gasteiger partial charge in [0.25, 0.3) is 0 Å². The molecule has 0 aliphatic heterocycles. The van der Waals surface area contributed by atoms with E-state index in [2.05, 4.69) is 59.4 Å². The first-order valence-electron chi connectivity index (χ1n) is 8.04. The Morgan fingerprint density at radius 1 is 0.708 bits per heavy atom. The Hall–Kier alpha value is -3.20. The minimum absolute atomic E-state index is 0.751. The molecule has 3 nitrogen and oxygen atoms in total. The van der Waals surface area contributed by atoms with Crippen LogP contribution in [0.25, 0.3) is 17.1 Å². The Balaban J connectivity index is 1.79. The van der Waals surface area contributed by atoms with Crippen molar-refractivity contribution in [2.24, 2.45) is 0 Å². The number of nitrogens with zero attached hydrogens (tertiary/aromatic N) is 3. The fourth-order valence-electron chi connectivity index (χ4n) is 2.79. The van der Waals surface area contributed by atoms with Crippen LogP contribution in [0.2, 0.25) is 0 Å². The third-order valence-corrected chi connectivity index (χ3v) is 3.95. The van der Waals surface area contributed by atoms with Crippen LogP contribution in [0.3, 0.4) is 0 Å². The Morgan fingerprint density at radius 3 is 1.96 bits per heavy atom. The molecule has 1 aromatic heterocycles. The quantitative estimate of drug-likeness (QED) is 0.524. The van der Waals surface area contributed by atoms with Crippen LogP contribution < -0.4 is 4.57 Å². The Kier molecular flexibility index (Phi) is 3.90. The SMILES string of the molecule is c1ccc(Cn2c[n+](-c3ccccc3)c(-c3ccccc3)n2)cc1. The van der Waals surface area contributed by atoms with Crippen molar-refractivity contribution in [3.05, 3.63) is 103 Å². The normalized spacial score (nSPS) is 10.7. The minimum Gasteiger partial charge on any atom is -0.196 e. The molecule has 0 N–H and O–H groups in total. The summed E-state index contributed by atoms with van der Waals surface area (Å²) in [6, 6.07) is 31.0. The zero-order chi connectivity index (χ0) is 16.2. The molecule has 0 saturated heterocycles. The molecule has 0 radical (unpaired) electrons. The van der Waals surface area contributed by atoms with E-state index in [-0.39, 0.29) is 0 Å². The van der Waals surface area contributed by atoms with Gasteiger partial charge in [-0.3, -0.25) is 0 Å². The Morgan fingerprint density at radius 2 is 1.29 bits per heavy atom. The summed E-state index contributed by atoms with van der Waals surface area (Å²) in [7, 11) is 0. The first kappa shape index (κ1) is 14.4. The summed E-state index contributed by atoms with van der Waals surface area (Å²) in [5.41, 5.74) is 3.45. The molecule has 0 amide bonds. The highest BCUT2D eigenvalue weighted by Crippen LogP contribution is 2.15. The van der Waals surface area contributed by atoms with Crippen LogP contribution in [0.15, 0.2) is 97.3 Å². The van der Waals surface area contributed by atoms with E-state index in [1.54, 1.807) is 0 Å². The lowest BCUT2D eigenvalue weighted by Crippen LogP contribution is -2.31. The molecule has 116 valence electrons. The lowest BCUT2D eigenvalue weighted by Gasteiger charge is -1.99. The fourth-order valence-corrected chi connectivity index (χ4v) is 2.79. The van der Waals surface area contributed by atoms with E-state index in [1.807, 2.05) is 47.1 Å². The average Bonchev–Trinajstić information content (AvgIpc) is 3.08. The van der Waals surface area contributed by atoms with E-state index in [0.717, 1.165) is 23.6 Å². The third-order valence-electron chi connectivity index (χ3n) is 3.95. The number of hydrogen-bond acceptors (Lipinski definition) is 1. The first-order chi connectivity index (χ1) is 11.9. The Labute approximate surface area is 141 Å². The van der Waals surface area contributed by atoms with Gasteiger partial charge >= 0.3 is 5.82 Å². The summed E-state index contributed by atoms with van der Waals surface area (Å²) in [6.45, 7) is 0.751. The highest BCUT2D eigenvalue weighted by atomic mass is 15.4. The van der Waals surface area contributed by atoms with Crippen molar-refractivity contribution in [2.45, 2.75) is 6.54 Å². The molecule has 3 aromatic carbocycles. The first-order valence-corrected chi connectivity index (χ1v) is 8.04. The zero-order valence-corrected chi connectivity index (χ0v) is 13.3. The van der Waals surface area contributed by atoms with Gasteiger partial charge in [0.05, 0.1) is 5.56 Å². The molecular formula is C21H18N3+. The van der Waals surface area contributed by atoms with Crippen molar-refractivity contribution in [1.82, 2.24) is 9.78 Å². The monoisotopic (exact) mass is 312 g/mol. The summed E-state index contributed by atoms with van der Waals surface area (Å²) in [4.78, 5) is 0. The predicted octanol–water partition coefficient (Wildman–Crippen LogP) is 3.88. The van der Waals surface area contributed by atoms with Gasteiger partial charge < -0.3 is 0 Å². The zero-order valence-electron chi connectivity index (χ0n) is 13.3. The van der Waals surface area contributed by atoms with Gasteiger partial charge in [0, 0.05) is 5.10 Å². The van der Waals surface area contributed by atoms with Gasteiger partial charge in [-0.1, -0.05) is 66.7 Å². The van der Waals surface area contributed by atoms with Crippen molar-refractivity contribution >= 4 is 0 Å². The van der Waals surface area contributed by atoms with E-state index in [9.17, 15) is 0 Å². The van der Waals surface area contributed by atoms with E-state index >= 15 is 0 Å². The molecule has 0 saturated carbocycles. The molecule has 0 unspecified atom stereocenters. The van der Waals surface area contributed by atoms with Crippen LogP contribution in [0.5, 0.6) is 0 Å². The van der Waals surface area contributed by atoms with E-state index in [4.69, 9.17) is 5.10 Å². The van der Waals surface area contributed by atoms with Crippen LogP contribution in [0, 0.1) is 0 Å². The molecule has 0 aliphatic carbocycles. The second kappa shape index (κ2) is 6.50. The lowest BCUT2D eigenvalue weighted by molar-refractivity contribution is -0.584. The third kappa shape index (κ3) is 2.97. The Bertz CT molecular complexity index is 856. The molecule has 24 heavy (non-hydrogen) atoms. The topological polar surface area (TPSA) is 21.7 Å². The van der Waals surface area contributed by atoms with E-state index < -0.39 is 0 Å². The summed E-state index contributed by atoms with van der Waals surface area (Å²) in [5, 5.41) is 4.83. The molecule has 1 heterocycles. The smallest absolute Gasteiger partial charge is 0.196 e. The van der Waals surface area contributed by atoms with Gasteiger partial charge in [0.15, 0.2) is 0 Å². The number of rotatable bonds is 4. The maximum Gasteiger partial charge on any atom is 0.313 e. The molecule has 0 fully saturated rings. The highest BCUT2D eigenvalue weighted by molar-refractivity contribution is 5.51. The second-order valence-electron chi connectivity index (χ2n) is 5.69. The van der Waals surface area contributed by atoms with Crippen molar-refractivity contribution < 1.29 is 4.57 Å². The van der Waals surface area contributed by atoms with E-state index in [0.29, 0.717) is 0 Å². The van der Waals surface area contributed by atoms with E-state index in [1.165, 1.54) is 5.56 Å². The molecule has 4 aromatic rings. The molecule has 0 aliphatic rings. The predicted molar refractivity (Wildman–Crippen MR) is 94.7 cm³/mol. The maximum atomic E-state index is 4.83. The van der Waals surface area contributed by atoms with Gasteiger partial charge in [0.2, 0.25) is 6.33 Å². The van der Waals surface area contributed by atoms with Crippen LogP contribution in [0.1, 0.15) is 5.56 Å². The second-order valence-corrected chi connectivity index (χ2v) is 5.69. The standard InChI is InChI=1S/C21H18N3/c1-4-10-18(11-5-1)16-23-17-24(20-14-8-3-9-15-20)21(22-23)19-12-6-2-7-13-19/h1-15,17H,16H2/q+1. The molecule has 0 atom stereocenters. The average molecular weight is 312 g/mol. The van der Waals surface area contributed by atoms with Gasteiger partial charge in [-0.25, -0.2) is 0 Å². The highest BCUT2D eigenvalue weighted by Gasteiger charge is 2.20. The lowest BCUT2D eigenvalue weighted by atomic mass is 10.2. The van der Waals surface area contributed by atoms with Crippen molar-refractivity contribution in [3.63, 3.8) is 0 Å². The number of hydrogen-bond donors (Lipinski definition) is 0. The summed E-state index contributed by atoms with van der Waals surface area (Å²) in [5.74, 6) is 0.942. The van der Waals surface area contributed by atoms with Gasteiger partial charge in [0.1, 0.15) is 12.2 Å². The summed E-state index contributed by atoms with van der Waals surface area (Å²) < 4.78 is 4.13. The summed E-state index contributed by atoms with van der Waals surface area (Å²) >= 11 is 0. The number of para-hydroxylation sites is 1. The van der Waals surface area contributed by atoms with Gasteiger partial charge in [-0.15, -0.1) is 4.68 Å². The van der Waals surface area contributed by atoms with Crippen molar-refractivity contribution in [2.75, 3.05) is 0 Å². The largest absolute Gasteiger partial charge is 0.313 e. The molecule has 0 spiro atoms. The number of aromatic nitrogens is 3. The van der Waals surface area contributed by atoms with Gasteiger partial charge in [-0.05, 0) is 29.8 Å². The van der Waals surface area contributed by atoms with Crippen LogP contribution >= 0.6 is 0 Å². The molecule has 4 rings (SSSR count). The van der Waals surface area contributed by atoms with Crippen LogP contribution in [-0.4, -0.2) is 9.78 Å². The van der Waals surface area contributed by atoms with Crippen molar-refractivity contribution in [3.8, 4) is 17.1 Å². The number of benzene rings is 3. The fraction of sp³-hybridized carbons (Fsp3) is 0.0476. The summed E-state index contributed by atoms with van der Waals surface area (Å²) in [6.07, 6.45) is 2.06. The molecular weight excluding hydrogens is 294 g/mol. The van der Waals surface area contributed by atoms with Gasteiger partial charge in [-0.2, -0.15) is 4.57 Å². The van der Waals surface area contributed by atoms with Crippen LogP contribution in [0.4, 0.5) is 0 Å². The minimum atomic E-state index is 0.751. The molecule has 0 bridgehead atoms. The van der Waals surface area contributed by atoms with Crippen molar-refractivity contribution in [1.29, 1.82) is 0 Å².